The summed E-state index contributed by atoms with van der Waals surface area (Å²) in [4.78, 5) is 17.1. The highest BCUT2D eigenvalue weighted by Gasteiger charge is 2.43. The van der Waals surface area contributed by atoms with Crippen molar-refractivity contribution in [3.63, 3.8) is 0 Å². The third kappa shape index (κ3) is 4.71. The first kappa shape index (κ1) is 23.5. The highest BCUT2D eigenvalue weighted by atomic mass is 79.9. The van der Waals surface area contributed by atoms with Crippen molar-refractivity contribution in [1.29, 1.82) is 0 Å². The van der Waals surface area contributed by atoms with E-state index in [4.69, 9.17) is 0 Å². The molecule has 1 fully saturated rings. The summed E-state index contributed by atoms with van der Waals surface area (Å²) in [5, 5.41) is 19.9. The maximum absolute atomic E-state index is 13.1. The van der Waals surface area contributed by atoms with E-state index in [1.165, 1.54) is 4.68 Å². The maximum atomic E-state index is 13.1. The average Bonchev–Trinajstić information content (AvgIpc) is 3.23. The number of aromatic nitrogens is 7. The molecular weight excluding hydrogens is 484 g/mol. The van der Waals surface area contributed by atoms with Gasteiger partial charge in [0.1, 0.15) is 11.0 Å². The Morgan fingerprint density at radius 2 is 1.88 bits per heavy atom. The van der Waals surface area contributed by atoms with Gasteiger partial charge in [0.05, 0.1) is 18.4 Å². The molecule has 0 spiro atoms. The molecule has 0 saturated heterocycles. The number of halogens is 1. The predicted molar refractivity (Wildman–Crippen MR) is 130 cm³/mol. The second kappa shape index (κ2) is 9.32. The van der Waals surface area contributed by atoms with Crippen molar-refractivity contribution < 1.29 is 0 Å². The lowest BCUT2D eigenvalue weighted by Crippen LogP contribution is -2.48. The second-order valence-corrected chi connectivity index (χ2v) is 10.6. The first-order valence-corrected chi connectivity index (χ1v) is 12.1. The van der Waals surface area contributed by atoms with Crippen LogP contribution in [0.5, 0.6) is 0 Å². The molecule has 0 bridgehead atoms. The number of hydrogen-bond donors (Lipinski definition) is 1. The van der Waals surface area contributed by atoms with Crippen LogP contribution in [-0.2, 0) is 13.1 Å². The van der Waals surface area contributed by atoms with E-state index in [1.807, 2.05) is 12.1 Å². The number of tetrazole rings is 1. The number of rotatable bonds is 6. The van der Waals surface area contributed by atoms with Gasteiger partial charge in [-0.1, -0.05) is 34.6 Å². The largest absolute Gasteiger partial charge is 0.380 e. The lowest BCUT2D eigenvalue weighted by atomic mass is 9.58. The maximum Gasteiger partial charge on any atom is 0.283 e. The van der Waals surface area contributed by atoms with E-state index in [9.17, 15) is 4.79 Å². The van der Waals surface area contributed by atoms with Crippen molar-refractivity contribution in [2.45, 2.75) is 60.2 Å². The van der Waals surface area contributed by atoms with Gasteiger partial charge in [0.2, 0.25) is 0 Å². The summed E-state index contributed by atoms with van der Waals surface area (Å²) in [6, 6.07) is 4.09. The quantitative estimate of drug-likeness (QED) is 0.535. The number of anilines is 1. The van der Waals surface area contributed by atoms with Crippen molar-refractivity contribution in [2.24, 2.45) is 23.2 Å². The van der Waals surface area contributed by atoms with Crippen molar-refractivity contribution in [1.82, 2.24) is 35.0 Å². The molecule has 1 N–H and O–H groups in total. The second-order valence-electron chi connectivity index (χ2n) is 9.80. The third-order valence-electron chi connectivity index (χ3n) is 7.78. The Hall–Kier alpha value is -2.62. The van der Waals surface area contributed by atoms with Crippen LogP contribution in [0, 0.1) is 23.2 Å². The molecule has 9 nitrogen and oxygen atoms in total. The molecule has 3 aromatic heterocycles. The van der Waals surface area contributed by atoms with Gasteiger partial charge in [0.25, 0.3) is 5.56 Å². The van der Waals surface area contributed by atoms with Crippen LogP contribution in [0.25, 0.3) is 0 Å². The summed E-state index contributed by atoms with van der Waals surface area (Å²) >= 11 is 3.51. The van der Waals surface area contributed by atoms with E-state index in [-0.39, 0.29) is 23.6 Å². The smallest absolute Gasteiger partial charge is 0.283 e. The van der Waals surface area contributed by atoms with Crippen molar-refractivity contribution in [3.8, 4) is 0 Å². The lowest BCUT2D eigenvalue weighted by molar-refractivity contribution is 0.0316. The van der Waals surface area contributed by atoms with Gasteiger partial charge in [0, 0.05) is 18.4 Å². The Bertz CT molecular complexity index is 1160. The van der Waals surface area contributed by atoms with Gasteiger partial charge in [-0.3, -0.25) is 9.78 Å². The van der Waals surface area contributed by atoms with E-state index in [2.05, 4.69) is 81.5 Å². The van der Waals surface area contributed by atoms with E-state index >= 15 is 0 Å². The molecule has 33 heavy (non-hydrogen) atoms. The molecule has 0 unspecified atom stereocenters. The fourth-order valence-electron chi connectivity index (χ4n) is 4.70. The summed E-state index contributed by atoms with van der Waals surface area (Å²) in [6.45, 7) is 12.3. The first-order chi connectivity index (χ1) is 15.7. The van der Waals surface area contributed by atoms with Gasteiger partial charge < -0.3 is 5.32 Å². The summed E-state index contributed by atoms with van der Waals surface area (Å²) < 4.78 is 3.52. The zero-order valence-corrected chi connectivity index (χ0v) is 21.3. The summed E-state index contributed by atoms with van der Waals surface area (Å²) in [5.41, 5.74) is 1.82. The van der Waals surface area contributed by atoms with Crippen LogP contribution in [0.3, 0.4) is 0 Å². The molecule has 1 aliphatic rings. The Labute approximate surface area is 202 Å². The minimum atomic E-state index is -0.219. The number of hydrogen-bond acceptors (Lipinski definition) is 7. The Morgan fingerprint density at radius 3 is 2.61 bits per heavy atom. The standard InChI is InChI=1S/C23H31BrN8O/c1-14-10-18(15(2)16(3)23(14,4)5)27-19-11-26-32(22(33)21(19)24)13-20-28-29-30-31(20)12-17-6-8-25-9-7-17/h6-9,11,14-16,18,27H,10,12-13H2,1-5H3/t14-,15+,16+,18+/m0/s1. The Balaban J connectivity index is 1.51. The fourth-order valence-corrected chi connectivity index (χ4v) is 5.12. The SMILES string of the molecule is C[C@@H]1[C@@H](C)C(C)(C)[C@@H](C)C[C@H]1Nc1cnn(Cc2nnnn2Cc2ccncc2)c(=O)c1Br. The fraction of sp³-hybridized carbons (Fsp3) is 0.565. The van der Waals surface area contributed by atoms with Gasteiger partial charge in [0.15, 0.2) is 5.82 Å². The highest BCUT2D eigenvalue weighted by Crippen LogP contribution is 2.48. The van der Waals surface area contributed by atoms with Crippen LogP contribution in [0.15, 0.2) is 40.0 Å². The average molecular weight is 515 g/mol. The van der Waals surface area contributed by atoms with E-state index in [0.29, 0.717) is 34.6 Å². The molecule has 176 valence electrons. The minimum Gasteiger partial charge on any atom is -0.380 e. The first-order valence-electron chi connectivity index (χ1n) is 11.3. The molecule has 1 aliphatic carbocycles. The zero-order chi connectivity index (χ0) is 23.8. The Kier molecular flexibility index (Phi) is 6.65. The van der Waals surface area contributed by atoms with E-state index in [0.717, 1.165) is 17.7 Å². The normalized spacial score (nSPS) is 24.5. The molecule has 4 atom stereocenters. The predicted octanol–water partition coefficient (Wildman–Crippen LogP) is 3.60. The van der Waals surface area contributed by atoms with Gasteiger partial charge in [-0.15, -0.1) is 5.10 Å². The molecule has 3 aromatic rings. The van der Waals surface area contributed by atoms with E-state index < -0.39 is 0 Å². The van der Waals surface area contributed by atoms with E-state index in [1.54, 1.807) is 23.3 Å². The topological polar surface area (TPSA) is 103 Å². The number of pyridine rings is 1. The summed E-state index contributed by atoms with van der Waals surface area (Å²) in [7, 11) is 0. The van der Waals surface area contributed by atoms with Gasteiger partial charge in [-0.25, -0.2) is 9.36 Å². The van der Waals surface area contributed by atoms with Crippen molar-refractivity contribution >= 4 is 21.6 Å². The number of nitrogens with zero attached hydrogens (tertiary/aromatic N) is 7. The number of nitrogens with one attached hydrogen (secondary N) is 1. The monoisotopic (exact) mass is 514 g/mol. The van der Waals surface area contributed by atoms with Crippen LogP contribution in [0.4, 0.5) is 5.69 Å². The summed E-state index contributed by atoms with van der Waals surface area (Å²) in [6.07, 6.45) is 6.22. The molecule has 0 aliphatic heterocycles. The van der Waals surface area contributed by atoms with Crippen molar-refractivity contribution in [2.75, 3.05) is 5.32 Å². The lowest BCUT2D eigenvalue weighted by Gasteiger charge is -2.50. The minimum absolute atomic E-state index is 0.178. The van der Waals surface area contributed by atoms with Crippen molar-refractivity contribution in [3.05, 3.63) is 56.9 Å². The van der Waals surface area contributed by atoms with Crippen LogP contribution >= 0.6 is 15.9 Å². The molecular formula is C23H31BrN8O. The van der Waals surface area contributed by atoms with Crippen LogP contribution in [0.2, 0.25) is 0 Å². The molecule has 0 amide bonds. The van der Waals surface area contributed by atoms with Crippen LogP contribution < -0.4 is 10.9 Å². The van der Waals surface area contributed by atoms with Gasteiger partial charge in [-0.2, -0.15) is 5.10 Å². The summed E-state index contributed by atoms with van der Waals surface area (Å²) in [5.74, 6) is 2.17. The zero-order valence-electron chi connectivity index (χ0n) is 19.7. The molecule has 3 heterocycles. The molecule has 1 saturated carbocycles. The van der Waals surface area contributed by atoms with Crippen LogP contribution in [-0.4, -0.2) is 41.0 Å². The van der Waals surface area contributed by atoms with Gasteiger partial charge in [-0.05, 0) is 73.6 Å². The molecule has 0 aromatic carbocycles. The van der Waals surface area contributed by atoms with Crippen LogP contribution in [0.1, 0.15) is 52.4 Å². The Morgan fingerprint density at radius 1 is 1.15 bits per heavy atom. The molecule has 4 rings (SSSR count). The van der Waals surface area contributed by atoms with Gasteiger partial charge >= 0.3 is 0 Å². The highest BCUT2D eigenvalue weighted by molar-refractivity contribution is 9.10. The molecule has 0 radical (unpaired) electrons. The molecule has 10 heteroatoms. The third-order valence-corrected chi connectivity index (χ3v) is 8.55.